The predicted molar refractivity (Wildman–Crippen MR) is 126 cm³/mol. The first-order valence-corrected chi connectivity index (χ1v) is 10.0. The lowest BCUT2D eigenvalue weighted by atomic mass is 10.1. The average Bonchev–Trinajstić information content (AvgIpc) is 3.46. The van der Waals surface area contributed by atoms with Crippen molar-refractivity contribution in [2.75, 3.05) is 0 Å². The lowest BCUT2D eigenvalue weighted by Crippen LogP contribution is -1.95. The Morgan fingerprint density at radius 2 is 1.84 bits per heavy atom. The Hall–Kier alpha value is -4.59. The van der Waals surface area contributed by atoms with Gasteiger partial charge in [0.15, 0.2) is 11.5 Å². The molecule has 5 rings (SSSR count). The minimum atomic E-state index is 0.570. The molecule has 156 valence electrons. The predicted octanol–water partition coefficient (Wildman–Crippen LogP) is 4.39. The number of nitrogens with one attached hydrogen (secondary N) is 2. The zero-order chi connectivity index (χ0) is 22.1. The molecule has 0 radical (unpaired) electrons. The van der Waals surface area contributed by atoms with Crippen LogP contribution in [0.15, 0.2) is 79.6 Å². The maximum absolute atomic E-state index is 5.94. The van der Waals surface area contributed by atoms with Crippen molar-refractivity contribution in [1.29, 1.82) is 0 Å². The van der Waals surface area contributed by atoms with Crippen LogP contribution >= 0.6 is 0 Å². The van der Waals surface area contributed by atoms with E-state index < -0.39 is 0 Å². The van der Waals surface area contributed by atoms with E-state index >= 15 is 0 Å². The van der Waals surface area contributed by atoms with Gasteiger partial charge < -0.3 is 10.7 Å². The second kappa shape index (κ2) is 7.92. The Balaban J connectivity index is 1.65. The molecule has 5 heterocycles. The minimum absolute atomic E-state index is 0.570. The number of pyridine rings is 3. The maximum Gasteiger partial charge on any atom is 0.161 e. The van der Waals surface area contributed by atoms with Crippen LogP contribution in [0.3, 0.4) is 0 Å². The zero-order valence-corrected chi connectivity index (χ0v) is 17.4. The van der Waals surface area contributed by atoms with Gasteiger partial charge in [0.2, 0.25) is 0 Å². The molecule has 0 fully saturated rings. The summed E-state index contributed by atoms with van der Waals surface area (Å²) in [5.41, 5.74) is 13.9. The van der Waals surface area contributed by atoms with Gasteiger partial charge in [0.05, 0.1) is 28.4 Å². The number of H-pyrrole nitrogens is 2. The number of aromatic nitrogens is 7. The van der Waals surface area contributed by atoms with Crippen molar-refractivity contribution in [3.63, 3.8) is 0 Å². The highest BCUT2D eigenvalue weighted by Gasteiger charge is 2.17. The van der Waals surface area contributed by atoms with Crippen LogP contribution in [-0.2, 0) is 0 Å². The fourth-order valence-electron chi connectivity index (χ4n) is 3.56. The molecule has 0 aliphatic heterocycles. The number of imidazole rings is 1. The topological polar surface area (TPSA) is 122 Å². The van der Waals surface area contributed by atoms with Crippen molar-refractivity contribution >= 4 is 27.6 Å². The number of aromatic amines is 2. The molecule has 0 aliphatic rings. The van der Waals surface area contributed by atoms with Gasteiger partial charge in [-0.3, -0.25) is 15.1 Å². The van der Waals surface area contributed by atoms with Crippen LogP contribution in [0.1, 0.15) is 12.6 Å². The van der Waals surface area contributed by atoms with Gasteiger partial charge in [-0.15, -0.1) is 0 Å². The molecule has 8 heteroatoms. The minimum Gasteiger partial charge on any atom is -0.399 e. The summed E-state index contributed by atoms with van der Waals surface area (Å²) in [4.78, 5) is 21.5. The number of hydrogen-bond acceptors (Lipinski definition) is 6. The molecule has 0 saturated carbocycles. The van der Waals surface area contributed by atoms with E-state index in [1.54, 1.807) is 30.9 Å². The summed E-state index contributed by atoms with van der Waals surface area (Å²) >= 11 is 0. The smallest absolute Gasteiger partial charge is 0.161 e. The summed E-state index contributed by atoms with van der Waals surface area (Å²) in [6, 6.07) is 7.74. The van der Waals surface area contributed by atoms with E-state index in [9.17, 15) is 0 Å². The molecule has 0 saturated heterocycles. The van der Waals surface area contributed by atoms with Gasteiger partial charge in [0, 0.05) is 29.9 Å². The summed E-state index contributed by atoms with van der Waals surface area (Å²) in [6.07, 6.45) is 12.5. The average molecular weight is 420 g/mol. The first-order chi connectivity index (χ1) is 15.7. The fourth-order valence-corrected chi connectivity index (χ4v) is 3.56. The number of fused-ring (bicyclic) bond motifs is 2. The molecule has 5 aromatic rings. The van der Waals surface area contributed by atoms with Gasteiger partial charge >= 0.3 is 0 Å². The summed E-state index contributed by atoms with van der Waals surface area (Å²) in [5, 5.41) is 7.52. The fraction of sp³-hybridized carbons (Fsp3) is 0.0417. The second-order valence-corrected chi connectivity index (χ2v) is 7.16. The van der Waals surface area contributed by atoms with Gasteiger partial charge in [0.25, 0.3) is 0 Å². The summed E-state index contributed by atoms with van der Waals surface area (Å²) in [7, 11) is 0. The van der Waals surface area contributed by atoms with Crippen LogP contribution in [0.2, 0.25) is 0 Å². The SMILES string of the molecule is C=C/C(N)=C\C(=C/C)c1ccc2[nH]nc(-c3nc4c(-c5ccncc5)cncc4[nH]3)c2n1. The van der Waals surface area contributed by atoms with Crippen LogP contribution in [0.25, 0.3) is 50.3 Å². The number of rotatable bonds is 5. The molecule has 8 nitrogen and oxygen atoms in total. The van der Waals surface area contributed by atoms with Crippen molar-refractivity contribution < 1.29 is 0 Å². The standard InChI is InChI=1S/C24H20N8/c1-3-14(11-16(25)4-2)18-5-6-19-22(28-18)23(32-31-19)24-29-20-13-27-12-17(21(20)30-24)15-7-9-26-10-8-15/h3-13H,2,25H2,1H3,(H,29,30)(H,31,32)/b14-3+,16-11+. The Morgan fingerprint density at radius 1 is 1.00 bits per heavy atom. The van der Waals surface area contributed by atoms with E-state index in [2.05, 4.69) is 31.7 Å². The molecular formula is C24H20N8. The Kier molecular flexibility index (Phi) is 4.79. The first-order valence-electron chi connectivity index (χ1n) is 10.0. The summed E-state index contributed by atoms with van der Waals surface area (Å²) in [5.74, 6) is 0.613. The van der Waals surface area contributed by atoms with Gasteiger partial charge in [-0.1, -0.05) is 12.7 Å². The third kappa shape index (κ3) is 3.33. The molecule has 4 N–H and O–H groups in total. The van der Waals surface area contributed by atoms with Crippen molar-refractivity contribution in [3.8, 4) is 22.6 Å². The molecule has 5 aromatic heterocycles. The first kappa shape index (κ1) is 19.4. The van der Waals surface area contributed by atoms with Gasteiger partial charge in [-0.05, 0) is 54.5 Å². The highest BCUT2D eigenvalue weighted by Crippen LogP contribution is 2.30. The van der Waals surface area contributed by atoms with Crippen molar-refractivity contribution in [2.24, 2.45) is 5.73 Å². The van der Waals surface area contributed by atoms with Gasteiger partial charge in [-0.25, -0.2) is 9.97 Å². The maximum atomic E-state index is 5.94. The lowest BCUT2D eigenvalue weighted by Gasteiger charge is -2.03. The van der Waals surface area contributed by atoms with Crippen LogP contribution in [0, 0.1) is 0 Å². The van der Waals surface area contributed by atoms with E-state index in [0.717, 1.165) is 38.9 Å². The van der Waals surface area contributed by atoms with Crippen LogP contribution < -0.4 is 5.73 Å². The molecule has 32 heavy (non-hydrogen) atoms. The molecule has 0 bridgehead atoms. The Labute approximate surface area is 183 Å². The van der Waals surface area contributed by atoms with E-state index in [-0.39, 0.29) is 0 Å². The highest BCUT2D eigenvalue weighted by atomic mass is 15.1. The highest BCUT2D eigenvalue weighted by molar-refractivity contribution is 5.95. The summed E-state index contributed by atoms with van der Waals surface area (Å²) < 4.78 is 0. The molecule has 0 atom stereocenters. The third-order valence-electron chi connectivity index (χ3n) is 5.18. The van der Waals surface area contributed by atoms with E-state index in [4.69, 9.17) is 15.7 Å². The van der Waals surface area contributed by atoms with E-state index in [0.29, 0.717) is 22.7 Å². The van der Waals surface area contributed by atoms with Crippen molar-refractivity contribution in [2.45, 2.75) is 6.92 Å². The van der Waals surface area contributed by atoms with Crippen molar-refractivity contribution in [1.82, 2.24) is 35.1 Å². The Bertz CT molecular complexity index is 1510. The van der Waals surface area contributed by atoms with Crippen LogP contribution in [-0.4, -0.2) is 35.1 Å². The number of allylic oxidation sites excluding steroid dienone is 4. The Morgan fingerprint density at radius 3 is 2.62 bits per heavy atom. The van der Waals surface area contributed by atoms with Crippen LogP contribution in [0.5, 0.6) is 0 Å². The van der Waals surface area contributed by atoms with E-state index in [1.807, 2.05) is 43.3 Å². The van der Waals surface area contributed by atoms with Gasteiger partial charge in [0.1, 0.15) is 5.52 Å². The normalized spacial score (nSPS) is 12.5. The molecule has 0 unspecified atom stereocenters. The number of hydrogen-bond donors (Lipinski definition) is 3. The number of nitrogens with two attached hydrogens (primary N) is 1. The molecule has 0 amide bonds. The molecule has 0 aliphatic carbocycles. The third-order valence-corrected chi connectivity index (χ3v) is 5.18. The number of nitrogens with zero attached hydrogens (tertiary/aromatic N) is 5. The quantitative estimate of drug-likeness (QED) is 0.363. The summed E-state index contributed by atoms with van der Waals surface area (Å²) in [6.45, 7) is 5.65. The van der Waals surface area contributed by atoms with Gasteiger partial charge in [-0.2, -0.15) is 5.10 Å². The van der Waals surface area contributed by atoms with Crippen LogP contribution in [0.4, 0.5) is 0 Å². The zero-order valence-electron chi connectivity index (χ0n) is 17.4. The largest absolute Gasteiger partial charge is 0.399 e. The lowest BCUT2D eigenvalue weighted by molar-refractivity contribution is 1.10. The second-order valence-electron chi connectivity index (χ2n) is 7.16. The molecule has 0 spiro atoms. The molecule has 0 aromatic carbocycles. The van der Waals surface area contributed by atoms with Crippen molar-refractivity contribution in [3.05, 3.63) is 85.3 Å². The van der Waals surface area contributed by atoms with E-state index in [1.165, 1.54) is 0 Å². The monoisotopic (exact) mass is 420 g/mol. The molecular weight excluding hydrogens is 400 g/mol.